The van der Waals surface area contributed by atoms with Gasteiger partial charge in [-0.3, -0.25) is 9.78 Å². The van der Waals surface area contributed by atoms with Crippen LogP contribution in [-0.2, 0) is 6.42 Å². The summed E-state index contributed by atoms with van der Waals surface area (Å²) in [6.45, 7) is 4.77. The molecule has 0 unspecified atom stereocenters. The summed E-state index contributed by atoms with van der Waals surface area (Å²) in [6.07, 6.45) is 4.47. The molecule has 3 heterocycles. The largest absolute Gasteiger partial charge is 0.368 e. The minimum Gasteiger partial charge on any atom is -0.368 e. The Labute approximate surface area is 142 Å². The molecule has 5 nitrogen and oxygen atoms in total. The maximum Gasteiger partial charge on any atom is 0.259 e. The van der Waals surface area contributed by atoms with Gasteiger partial charge < -0.3 is 14.7 Å². The molecule has 0 bridgehead atoms. The van der Waals surface area contributed by atoms with Gasteiger partial charge in [0.25, 0.3) is 5.91 Å². The number of pyridine rings is 1. The van der Waals surface area contributed by atoms with Crippen LogP contribution in [0, 0.1) is 0 Å². The molecular weight excluding hydrogens is 300 g/mol. The fourth-order valence-electron chi connectivity index (χ4n) is 3.49. The normalized spacial score (nSPS) is 17.9. The number of carbonyl (C=O) groups excluding carboxylic acids is 1. The van der Waals surface area contributed by atoms with Crippen LogP contribution in [0.4, 0.5) is 11.4 Å². The standard InChI is InChI=1S/C19H22N4O/c1-21-8-10-22(11-9-21)17-12-16(13-20-14-17)19(24)23-7-6-15-4-2-3-5-18(15)23/h2-5,12-14H,6-11H2,1H3. The van der Waals surface area contributed by atoms with Crippen LogP contribution < -0.4 is 9.80 Å². The van der Waals surface area contributed by atoms with Crippen LogP contribution in [0.3, 0.4) is 0 Å². The van der Waals surface area contributed by atoms with E-state index < -0.39 is 0 Å². The van der Waals surface area contributed by atoms with E-state index in [0.717, 1.165) is 50.5 Å². The Morgan fingerprint density at radius 2 is 1.83 bits per heavy atom. The summed E-state index contributed by atoms with van der Waals surface area (Å²) in [5.74, 6) is 0.0448. The molecule has 1 aromatic heterocycles. The van der Waals surface area contributed by atoms with Gasteiger partial charge in [-0.25, -0.2) is 0 Å². The van der Waals surface area contributed by atoms with Gasteiger partial charge in [0.1, 0.15) is 0 Å². The maximum absolute atomic E-state index is 13.0. The second-order valence-electron chi connectivity index (χ2n) is 6.56. The highest BCUT2D eigenvalue weighted by Gasteiger charge is 2.26. The average molecular weight is 322 g/mol. The van der Waals surface area contributed by atoms with Crippen molar-refractivity contribution in [2.45, 2.75) is 6.42 Å². The molecule has 5 heteroatoms. The molecule has 0 N–H and O–H groups in total. The monoisotopic (exact) mass is 322 g/mol. The van der Waals surface area contributed by atoms with E-state index in [2.05, 4.69) is 27.9 Å². The summed E-state index contributed by atoms with van der Waals surface area (Å²) in [7, 11) is 2.14. The molecule has 1 saturated heterocycles. The maximum atomic E-state index is 13.0. The quantitative estimate of drug-likeness (QED) is 0.848. The summed E-state index contributed by atoms with van der Waals surface area (Å²) in [5.41, 5.74) is 3.99. The smallest absolute Gasteiger partial charge is 0.259 e. The first-order valence-electron chi connectivity index (χ1n) is 8.51. The molecule has 1 fully saturated rings. The van der Waals surface area contributed by atoms with Crippen molar-refractivity contribution in [3.8, 4) is 0 Å². The van der Waals surface area contributed by atoms with E-state index in [9.17, 15) is 4.79 Å². The number of aromatic nitrogens is 1. The molecule has 0 saturated carbocycles. The SMILES string of the molecule is CN1CCN(c2cncc(C(=O)N3CCc4ccccc43)c2)CC1. The lowest BCUT2D eigenvalue weighted by atomic mass is 10.1. The van der Waals surface area contributed by atoms with E-state index in [4.69, 9.17) is 0 Å². The van der Waals surface area contributed by atoms with E-state index in [-0.39, 0.29) is 5.91 Å². The fourth-order valence-corrected chi connectivity index (χ4v) is 3.49. The first-order chi connectivity index (χ1) is 11.7. The number of amides is 1. The first-order valence-corrected chi connectivity index (χ1v) is 8.51. The lowest BCUT2D eigenvalue weighted by Crippen LogP contribution is -2.44. The van der Waals surface area contributed by atoms with Crippen molar-refractivity contribution >= 4 is 17.3 Å². The van der Waals surface area contributed by atoms with E-state index in [1.165, 1.54) is 5.56 Å². The molecule has 0 aliphatic carbocycles. The zero-order chi connectivity index (χ0) is 16.5. The Bertz CT molecular complexity index is 753. The molecule has 0 atom stereocenters. The van der Waals surface area contributed by atoms with Crippen LogP contribution in [0.1, 0.15) is 15.9 Å². The molecule has 24 heavy (non-hydrogen) atoms. The summed E-state index contributed by atoms with van der Waals surface area (Å²) < 4.78 is 0. The highest BCUT2D eigenvalue weighted by molar-refractivity contribution is 6.07. The summed E-state index contributed by atoms with van der Waals surface area (Å²) in [5, 5.41) is 0. The third kappa shape index (κ3) is 2.76. The number of likely N-dealkylation sites (N-methyl/N-ethyl adjacent to an activating group) is 1. The predicted octanol–water partition coefficient (Wildman–Crippen LogP) is 2.04. The van der Waals surface area contributed by atoms with Crippen LogP contribution in [0.2, 0.25) is 0 Å². The van der Waals surface area contributed by atoms with Gasteiger partial charge in [0.2, 0.25) is 0 Å². The third-order valence-electron chi connectivity index (χ3n) is 4.97. The number of piperazine rings is 1. The minimum absolute atomic E-state index is 0.0448. The molecule has 0 spiro atoms. The summed E-state index contributed by atoms with van der Waals surface area (Å²) in [6, 6.07) is 10.1. The van der Waals surface area contributed by atoms with Gasteiger partial charge in [0, 0.05) is 44.6 Å². The molecule has 2 aliphatic rings. The average Bonchev–Trinajstić information content (AvgIpc) is 3.06. The van der Waals surface area contributed by atoms with Gasteiger partial charge in [-0.1, -0.05) is 18.2 Å². The molecule has 1 amide bonds. The topological polar surface area (TPSA) is 39.7 Å². The number of benzene rings is 1. The number of hydrogen-bond acceptors (Lipinski definition) is 4. The number of carbonyl (C=O) groups is 1. The molecular formula is C19H22N4O. The Kier molecular flexibility index (Phi) is 3.94. The van der Waals surface area contributed by atoms with Gasteiger partial charge >= 0.3 is 0 Å². The number of rotatable bonds is 2. The number of hydrogen-bond donors (Lipinski definition) is 0. The van der Waals surface area contributed by atoms with Crippen LogP contribution >= 0.6 is 0 Å². The lowest BCUT2D eigenvalue weighted by Gasteiger charge is -2.34. The number of nitrogens with zero attached hydrogens (tertiary/aromatic N) is 4. The molecule has 2 aromatic rings. The second kappa shape index (κ2) is 6.24. The van der Waals surface area contributed by atoms with Crippen molar-refractivity contribution in [3.05, 3.63) is 53.9 Å². The van der Waals surface area contributed by atoms with Crippen molar-refractivity contribution in [2.75, 3.05) is 49.6 Å². The Balaban J connectivity index is 1.57. The number of anilines is 2. The van der Waals surface area contributed by atoms with Gasteiger partial charge in [-0.05, 0) is 31.2 Å². The summed E-state index contributed by atoms with van der Waals surface area (Å²) in [4.78, 5) is 23.8. The van der Waals surface area contributed by atoms with Crippen molar-refractivity contribution in [1.29, 1.82) is 0 Å². The highest BCUT2D eigenvalue weighted by Crippen LogP contribution is 2.29. The molecule has 4 rings (SSSR count). The summed E-state index contributed by atoms with van der Waals surface area (Å²) >= 11 is 0. The van der Waals surface area contributed by atoms with Gasteiger partial charge in [-0.2, -0.15) is 0 Å². The molecule has 1 aromatic carbocycles. The van der Waals surface area contributed by atoms with Crippen molar-refractivity contribution in [3.63, 3.8) is 0 Å². The molecule has 2 aliphatic heterocycles. The first kappa shape index (κ1) is 15.1. The Hall–Kier alpha value is -2.40. The zero-order valence-corrected chi connectivity index (χ0v) is 14.0. The van der Waals surface area contributed by atoms with Gasteiger partial charge in [-0.15, -0.1) is 0 Å². The van der Waals surface area contributed by atoms with Crippen LogP contribution in [0.5, 0.6) is 0 Å². The van der Waals surface area contributed by atoms with Crippen LogP contribution in [0.15, 0.2) is 42.7 Å². The van der Waals surface area contributed by atoms with Gasteiger partial charge in [0.05, 0.1) is 17.4 Å². The minimum atomic E-state index is 0.0448. The molecule has 124 valence electrons. The Morgan fingerprint density at radius 1 is 1.04 bits per heavy atom. The van der Waals surface area contributed by atoms with Crippen molar-refractivity contribution in [1.82, 2.24) is 9.88 Å². The van der Waals surface area contributed by atoms with Crippen LogP contribution in [0.25, 0.3) is 0 Å². The predicted molar refractivity (Wildman–Crippen MR) is 95.8 cm³/mol. The fraction of sp³-hybridized carbons (Fsp3) is 0.368. The van der Waals surface area contributed by atoms with E-state index in [0.29, 0.717) is 5.56 Å². The third-order valence-corrected chi connectivity index (χ3v) is 4.97. The lowest BCUT2D eigenvalue weighted by molar-refractivity contribution is 0.0989. The van der Waals surface area contributed by atoms with E-state index in [1.807, 2.05) is 35.4 Å². The van der Waals surface area contributed by atoms with Crippen LogP contribution in [-0.4, -0.2) is 55.6 Å². The number of fused-ring (bicyclic) bond motifs is 1. The van der Waals surface area contributed by atoms with Crippen molar-refractivity contribution < 1.29 is 4.79 Å². The van der Waals surface area contributed by atoms with E-state index >= 15 is 0 Å². The highest BCUT2D eigenvalue weighted by atomic mass is 16.2. The molecule has 0 radical (unpaired) electrons. The van der Waals surface area contributed by atoms with E-state index in [1.54, 1.807) is 6.20 Å². The van der Waals surface area contributed by atoms with Crippen molar-refractivity contribution in [2.24, 2.45) is 0 Å². The second-order valence-corrected chi connectivity index (χ2v) is 6.56. The zero-order valence-electron chi connectivity index (χ0n) is 14.0. The Morgan fingerprint density at radius 3 is 2.67 bits per heavy atom. The van der Waals surface area contributed by atoms with Gasteiger partial charge in [0.15, 0.2) is 0 Å². The number of para-hydroxylation sites is 1.